The molecule has 2 heterocycles. The Morgan fingerprint density at radius 3 is 2.00 bits per heavy atom. The van der Waals surface area contributed by atoms with Gasteiger partial charge in [-0.2, -0.15) is 0 Å². The highest BCUT2D eigenvalue weighted by Gasteiger charge is 2.48. The van der Waals surface area contributed by atoms with E-state index in [9.17, 15) is 30.6 Å². The maximum absolute atomic E-state index is 9.95. The molecule has 0 spiro atoms. The Labute approximate surface area is 138 Å². The summed E-state index contributed by atoms with van der Waals surface area (Å²) in [5.74, 6) is 0. The molecule has 0 aliphatic carbocycles. The average molecular weight is 357 g/mol. The number of ether oxygens (including phenoxy) is 2. The Bertz CT molecular complexity index is 357. The molecule has 1 radical (unpaired) electrons. The fourth-order valence-corrected chi connectivity index (χ4v) is 3.39. The zero-order chi connectivity index (χ0) is 16.4. The van der Waals surface area contributed by atoms with Crippen LogP contribution in [-0.4, -0.2) is 124 Å². The van der Waals surface area contributed by atoms with E-state index in [2.05, 4.69) is 0 Å². The van der Waals surface area contributed by atoms with Crippen molar-refractivity contribution in [2.45, 2.75) is 54.0 Å². The molecule has 0 amide bonds. The van der Waals surface area contributed by atoms with Crippen molar-refractivity contribution >= 4 is 15.6 Å². The third-order valence-electron chi connectivity index (χ3n) is 3.77. The van der Waals surface area contributed by atoms with Gasteiger partial charge in [0, 0.05) is 0 Å². The lowest BCUT2D eigenvalue weighted by atomic mass is 9.99. The van der Waals surface area contributed by atoms with Crippen LogP contribution in [0.5, 0.6) is 0 Å². The Morgan fingerprint density at radius 1 is 0.826 bits per heavy atom. The summed E-state index contributed by atoms with van der Waals surface area (Å²) in [4.78, 5) is -1.17. The van der Waals surface area contributed by atoms with Crippen LogP contribution < -0.4 is 0 Å². The van der Waals surface area contributed by atoms with Gasteiger partial charge in [-0.05, 0) is 0 Å². The highest BCUT2D eigenvalue weighted by Crippen LogP contribution is 2.26. The van der Waals surface area contributed by atoms with Crippen LogP contribution >= 0.6 is 0 Å². The van der Waals surface area contributed by atoms with Crippen LogP contribution in [0.1, 0.15) is 0 Å². The summed E-state index contributed by atoms with van der Waals surface area (Å²) in [6.45, 7) is -1.11. The molecule has 2 saturated heterocycles. The summed E-state index contributed by atoms with van der Waals surface area (Å²) >= 11 is -0.951. The molecule has 9 atom stereocenters. The Morgan fingerprint density at radius 2 is 1.43 bits per heavy atom. The number of rotatable bonds is 4. The van der Waals surface area contributed by atoms with E-state index in [0.29, 0.717) is 0 Å². The van der Waals surface area contributed by atoms with E-state index >= 15 is 0 Å². The van der Waals surface area contributed by atoms with E-state index < -0.39 is 82.8 Å². The van der Waals surface area contributed by atoms with Crippen LogP contribution in [0.3, 0.4) is 0 Å². The molecule has 2 rings (SSSR count). The molecule has 2 aliphatic heterocycles. The second kappa shape index (κ2) is 8.98. The Hall–Kier alpha value is 0.0925. The normalized spacial score (nSPS) is 47.5. The minimum atomic E-state index is -1.64. The summed E-state index contributed by atoms with van der Waals surface area (Å²) in [5, 5.41) is 67.1. The van der Waals surface area contributed by atoms with E-state index in [0.717, 1.165) is 0 Å². The molecule has 135 valence electrons. The molecule has 2 fully saturated rings. The molecular formula is C11H22AlO11. The fraction of sp³-hybridized carbons (Fsp3) is 1.00. The first-order valence-electron chi connectivity index (χ1n) is 6.82. The molecule has 0 aromatic rings. The molecule has 0 aromatic carbocycles. The van der Waals surface area contributed by atoms with Gasteiger partial charge in [-0.15, -0.1) is 0 Å². The van der Waals surface area contributed by atoms with E-state index in [1.54, 1.807) is 0 Å². The molecular weight excluding hydrogens is 335 g/mol. The third-order valence-corrected chi connectivity index (χ3v) is 4.95. The quantitative estimate of drug-likeness (QED) is 0.237. The number of aliphatic hydroxyl groups excluding tert-OH is 7. The summed E-state index contributed by atoms with van der Waals surface area (Å²) in [6.07, 6.45) is -10.9. The van der Waals surface area contributed by atoms with Crippen molar-refractivity contribution in [1.82, 2.24) is 0 Å². The van der Waals surface area contributed by atoms with Crippen molar-refractivity contribution in [3.8, 4) is 0 Å². The highest BCUT2D eigenvalue weighted by molar-refractivity contribution is 6.29. The van der Waals surface area contributed by atoms with Gasteiger partial charge < -0.3 is 54.5 Å². The van der Waals surface area contributed by atoms with Crippen LogP contribution in [-0.2, 0) is 13.3 Å². The molecule has 0 bridgehead atoms. The van der Waals surface area contributed by atoms with Gasteiger partial charge in [0.05, 0.1) is 30.4 Å². The predicted octanol–water partition coefficient (Wildman–Crippen LogP) is -5.96. The zero-order valence-electron chi connectivity index (χ0n) is 12.0. The molecule has 2 aliphatic rings. The van der Waals surface area contributed by atoms with Crippen molar-refractivity contribution in [1.29, 1.82) is 0 Å². The number of aliphatic hydroxyl groups is 7. The fourth-order valence-electron chi connectivity index (χ4n) is 2.40. The van der Waals surface area contributed by atoms with Crippen LogP contribution in [0.4, 0.5) is 0 Å². The largest absolute Gasteiger partial charge is 0.499 e. The maximum atomic E-state index is 9.95. The van der Waals surface area contributed by atoms with Gasteiger partial charge in [-0.1, -0.05) is 0 Å². The SMILES string of the molecule is O.OC[C@H]1O[C@@H](O[C@H]2[C@H](O)[C@@H](O)[Al][O][C@@H]2CO)[C@H](O)[C@@H](O)[C@H]1O. The van der Waals surface area contributed by atoms with E-state index in [1.165, 1.54) is 0 Å². The van der Waals surface area contributed by atoms with E-state index in [4.69, 9.17) is 18.4 Å². The average Bonchev–Trinajstić information content (AvgIpc) is 2.52. The molecule has 9 N–H and O–H groups in total. The van der Waals surface area contributed by atoms with Crippen molar-refractivity contribution in [3.63, 3.8) is 0 Å². The minimum Gasteiger partial charge on any atom is -0.499 e. The maximum Gasteiger partial charge on any atom is 0.463 e. The summed E-state index contributed by atoms with van der Waals surface area (Å²) in [5.41, 5.74) is 0. The van der Waals surface area contributed by atoms with Crippen molar-refractivity contribution < 1.29 is 54.5 Å². The van der Waals surface area contributed by atoms with Gasteiger partial charge in [-0.25, -0.2) is 0 Å². The van der Waals surface area contributed by atoms with Gasteiger partial charge in [0.15, 0.2) is 6.29 Å². The van der Waals surface area contributed by atoms with Crippen molar-refractivity contribution in [2.24, 2.45) is 0 Å². The lowest BCUT2D eigenvalue weighted by Crippen LogP contribution is -2.63. The molecule has 23 heavy (non-hydrogen) atoms. The van der Waals surface area contributed by atoms with Gasteiger partial charge in [0.1, 0.15) is 30.5 Å². The first kappa shape index (κ1) is 21.1. The van der Waals surface area contributed by atoms with E-state index in [1.807, 2.05) is 0 Å². The molecule has 0 unspecified atom stereocenters. The highest BCUT2D eigenvalue weighted by atomic mass is 27.1. The first-order valence-corrected chi connectivity index (χ1v) is 7.96. The van der Waals surface area contributed by atoms with Gasteiger partial charge in [-0.3, -0.25) is 0 Å². The molecule has 0 aromatic heterocycles. The van der Waals surface area contributed by atoms with Gasteiger partial charge in [0.2, 0.25) is 0 Å². The van der Waals surface area contributed by atoms with Crippen LogP contribution in [0.25, 0.3) is 0 Å². The lowest BCUT2D eigenvalue weighted by Gasteiger charge is -2.44. The molecule has 0 saturated carbocycles. The predicted molar refractivity (Wildman–Crippen MR) is 72.0 cm³/mol. The van der Waals surface area contributed by atoms with Crippen molar-refractivity contribution in [3.05, 3.63) is 0 Å². The van der Waals surface area contributed by atoms with Gasteiger partial charge >= 0.3 is 15.6 Å². The van der Waals surface area contributed by atoms with Crippen LogP contribution in [0.2, 0.25) is 0 Å². The molecule has 12 heteroatoms. The Kier molecular flexibility index (Phi) is 8.25. The zero-order valence-corrected chi connectivity index (χ0v) is 13.2. The number of hydrogen-bond acceptors (Lipinski definition) is 10. The monoisotopic (exact) mass is 357 g/mol. The third kappa shape index (κ3) is 4.39. The smallest absolute Gasteiger partial charge is 0.463 e. The van der Waals surface area contributed by atoms with Crippen molar-refractivity contribution in [2.75, 3.05) is 13.2 Å². The second-order valence-corrected chi connectivity index (χ2v) is 6.50. The standard InChI is InChI=1S/C11H20O10.Al.H2O/c12-1-4(15)10(5(16)2-13)21-11-9(19)8(18)7(17)6(3-14)20-11;;/h1,4-15,17-19H,2-3H2;;1H2/q-1;+1;/t4-,5-,6-,7+,8+,9-,10+,11+;;/m1../s1. The van der Waals surface area contributed by atoms with Crippen LogP contribution in [0.15, 0.2) is 0 Å². The summed E-state index contributed by atoms with van der Waals surface area (Å²) < 4.78 is 15.7. The topological polar surface area (TPSA) is 201 Å². The van der Waals surface area contributed by atoms with E-state index in [-0.39, 0.29) is 5.48 Å². The lowest BCUT2D eigenvalue weighted by molar-refractivity contribution is -0.327. The van der Waals surface area contributed by atoms with Gasteiger partial charge in [0.25, 0.3) is 0 Å². The second-order valence-electron chi connectivity index (χ2n) is 5.27. The van der Waals surface area contributed by atoms with Crippen LogP contribution in [0, 0.1) is 0 Å². The minimum absolute atomic E-state index is 0. The summed E-state index contributed by atoms with van der Waals surface area (Å²) in [6, 6.07) is 0. The first-order chi connectivity index (χ1) is 10.4. The number of hydrogen-bond donors (Lipinski definition) is 7. The Balaban J connectivity index is 0.00000264. The molecule has 11 nitrogen and oxygen atoms in total. The summed E-state index contributed by atoms with van der Waals surface area (Å²) in [7, 11) is 0.